The first kappa shape index (κ1) is 17.0. The average molecular weight is 325 g/mol. The van der Waals surface area contributed by atoms with Crippen molar-refractivity contribution in [2.45, 2.75) is 18.1 Å². The number of carbonyl (C=O) groups is 1. The Balaban J connectivity index is 0.00000200. The lowest BCUT2D eigenvalue weighted by molar-refractivity contribution is 0.0600. The molecule has 1 aromatic heterocycles. The summed E-state index contributed by atoms with van der Waals surface area (Å²) in [5.41, 5.74) is 0.0873. The molecule has 9 heteroatoms. The lowest BCUT2D eigenvalue weighted by atomic mass is 10.3. The van der Waals surface area contributed by atoms with E-state index in [9.17, 15) is 13.2 Å². The lowest BCUT2D eigenvalue weighted by Gasteiger charge is -2.30. The summed E-state index contributed by atoms with van der Waals surface area (Å²) in [5.74, 6) is -0.626. The highest BCUT2D eigenvalue weighted by molar-refractivity contribution is 7.89. The van der Waals surface area contributed by atoms with Gasteiger partial charge in [0.15, 0.2) is 0 Å². The van der Waals surface area contributed by atoms with E-state index in [0.29, 0.717) is 19.6 Å². The molecule has 2 rings (SSSR count). The molecule has 1 aliphatic rings. The van der Waals surface area contributed by atoms with E-state index in [-0.39, 0.29) is 29.1 Å². The van der Waals surface area contributed by atoms with Crippen LogP contribution in [0.2, 0.25) is 0 Å². The summed E-state index contributed by atoms with van der Waals surface area (Å²) in [6.07, 6.45) is 1.09. The average Bonchev–Trinajstić information content (AvgIpc) is 2.88. The van der Waals surface area contributed by atoms with Crippen LogP contribution in [-0.4, -0.2) is 51.5 Å². The number of methoxy groups -OCH3 is 1. The standard InChI is InChI=1S/C11H16N2O5S.ClH/c1-8-6-13(4-3-12-8)19(15,16)10-5-9(7-18-10)11(14)17-2;/h5,7-8,12H,3-4,6H2,1-2H3;1H. The highest BCUT2D eigenvalue weighted by Gasteiger charge is 2.31. The maximum atomic E-state index is 12.3. The van der Waals surface area contributed by atoms with Crippen molar-refractivity contribution in [2.75, 3.05) is 26.7 Å². The summed E-state index contributed by atoms with van der Waals surface area (Å²) < 4.78 is 35.5. The van der Waals surface area contributed by atoms with Crippen LogP contribution in [-0.2, 0) is 14.8 Å². The first-order valence-electron chi connectivity index (χ1n) is 5.85. The molecule has 1 N–H and O–H groups in total. The second-order valence-electron chi connectivity index (χ2n) is 4.36. The van der Waals surface area contributed by atoms with E-state index in [1.165, 1.54) is 17.5 Å². The SMILES string of the molecule is COC(=O)c1coc(S(=O)(=O)N2CCNC(C)C2)c1.Cl. The van der Waals surface area contributed by atoms with E-state index in [1.54, 1.807) is 0 Å². The van der Waals surface area contributed by atoms with Crippen LogP contribution in [0.3, 0.4) is 0 Å². The highest BCUT2D eigenvalue weighted by Crippen LogP contribution is 2.20. The van der Waals surface area contributed by atoms with Crippen molar-refractivity contribution in [3.8, 4) is 0 Å². The smallest absolute Gasteiger partial charge is 0.341 e. The first-order chi connectivity index (χ1) is 8.95. The Morgan fingerprint density at radius 3 is 2.85 bits per heavy atom. The Labute approximate surface area is 123 Å². The molecule has 0 spiro atoms. The van der Waals surface area contributed by atoms with E-state index < -0.39 is 16.0 Å². The molecule has 0 aromatic carbocycles. The zero-order valence-corrected chi connectivity index (χ0v) is 12.8. The topological polar surface area (TPSA) is 88.8 Å². The molecule has 0 aliphatic carbocycles. The van der Waals surface area contributed by atoms with Gasteiger partial charge in [0.1, 0.15) is 6.26 Å². The van der Waals surface area contributed by atoms with Crippen molar-refractivity contribution in [2.24, 2.45) is 0 Å². The van der Waals surface area contributed by atoms with Gasteiger partial charge in [0.2, 0.25) is 5.09 Å². The molecule has 1 saturated heterocycles. The van der Waals surface area contributed by atoms with Gasteiger partial charge < -0.3 is 14.5 Å². The number of piperazine rings is 1. The quantitative estimate of drug-likeness (QED) is 0.813. The van der Waals surface area contributed by atoms with Crippen molar-refractivity contribution in [3.63, 3.8) is 0 Å². The number of hydrogen-bond acceptors (Lipinski definition) is 6. The van der Waals surface area contributed by atoms with Crippen molar-refractivity contribution in [1.82, 2.24) is 9.62 Å². The van der Waals surface area contributed by atoms with Crippen LogP contribution in [0.25, 0.3) is 0 Å². The number of hydrogen-bond donors (Lipinski definition) is 1. The van der Waals surface area contributed by atoms with E-state index in [2.05, 4.69) is 10.1 Å². The number of esters is 1. The number of furan rings is 1. The van der Waals surface area contributed by atoms with Crippen LogP contribution in [0, 0.1) is 0 Å². The third kappa shape index (κ3) is 3.32. The molecule has 0 radical (unpaired) electrons. The van der Waals surface area contributed by atoms with E-state index >= 15 is 0 Å². The van der Waals surface area contributed by atoms with Gasteiger partial charge in [-0.25, -0.2) is 13.2 Å². The van der Waals surface area contributed by atoms with Crippen LogP contribution in [0.1, 0.15) is 17.3 Å². The van der Waals surface area contributed by atoms with Gasteiger partial charge in [-0.05, 0) is 6.92 Å². The third-order valence-electron chi connectivity index (χ3n) is 2.92. The Hall–Kier alpha value is -1.09. The molecule has 1 atom stereocenters. The van der Waals surface area contributed by atoms with Gasteiger partial charge in [-0.15, -0.1) is 12.4 Å². The van der Waals surface area contributed by atoms with Gasteiger partial charge >= 0.3 is 5.97 Å². The normalized spacial score (nSPS) is 20.2. The predicted molar refractivity (Wildman–Crippen MR) is 73.5 cm³/mol. The minimum absolute atomic E-state index is 0. The van der Waals surface area contributed by atoms with E-state index in [4.69, 9.17) is 4.42 Å². The fourth-order valence-electron chi connectivity index (χ4n) is 1.92. The Bertz CT molecular complexity index is 571. The second-order valence-corrected chi connectivity index (χ2v) is 6.23. The summed E-state index contributed by atoms with van der Waals surface area (Å²) >= 11 is 0. The maximum absolute atomic E-state index is 12.3. The van der Waals surface area contributed by atoms with Gasteiger partial charge in [0, 0.05) is 31.7 Å². The van der Waals surface area contributed by atoms with Gasteiger partial charge in [0.25, 0.3) is 10.0 Å². The number of nitrogens with zero attached hydrogens (tertiary/aromatic N) is 1. The summed E-state index contributed by atoms with van der Waals surface area (Å²) in [4.78, 5) is 11.3. The molecule has 1 aromatic rings. The number of ether oxygens (including phenoxy) is 1. The highest BCUT2D eigenvalue weighted by atomic mass is 35.5. The molecular formula is C11H17ClN2O5S. The third-order valence-corrected chi connectivity index (χ3v) is 4.66. The molecule has 0 bridgehead atoms. The maximum Gasteiger partial charge on any atom is 0.341 e. The monoisotopic (exact) mass is 324 g/mol. The fraction of sp³-hybridized carbons (Fsp3) is 0.545. The van der Waals surface area contributed by atoms with Crippen molar-refractivity contribution >= 4 is 28.4 Å². The molecule has 0 saturated carbocycles. The molecule has 2 heterocycles. The zero-order chi connectivity index (χ0) is 14.0. The summed E-state index contributed by atoms with van der Waals surface area (Å²) in [6, 6.07) is 1.27. The van der Waals surface area contributed by atoms with E-state index in [0.717, 1.165) is 6.26 Å². The molecule has 114 valence electrons. The number of rotatable bonds is 3. The van der Waals surface area contributed by atoms with Gasteiger partial charge in [-0.3, -0.25) is 0 Å². The van der Waals surface area contributed by atoms with Gasteiger partial charge in [0.05, 0.1) is 12.7 Å². The first-order valence-corrected chi connectivity index (χ1v) is 7.29. The zero-order valence-electron chi connectivity index (χ0n) is 11.2. The van der Waals surface area contributed by atoms with Crippen LogP contribution in [0.4, 0.5) is 0 Å². The van der Waals surface area contributed by atoms with Crippen LogP contribution in [0.15, 0.2) is 21.8 Å². The van der Waals surface area contributed by atoms with Gasteiger partial charge in [-0.1, -0.05) is 0 Å². The Morgan fingerprint density at radius 2 is 2.25 bits per heavy atom. The lowest BCUT2D eigenvalue weighted by Crippen LogP contribution is -2.51. The Morgan fingerprint density at radius 1 is 1.55 bits per heavy atom. The van der Waals surface area contributed by atoms with Crippen molar-refractivity contribution in [1.29, 1.82) is 0 Å². The molecule has 1 unspecified atom stereocenters. The van der Waals surface area contributed by atoms with Crippen molar-refractivity contribution in [3.05, 3.63) is 17.9 Å². The summed E-state index contributed by atoms with van der Waals surface area (Å²) in [7, 11) is -2.47. The largest absolute Gasteiger partial charge is 0.465 e. The second kappa shape index (κ2) is 6.57. The number of sulfonamides is 1. The van der Waals surface area contributed by atoms with Crippen LogP contribution in [0.5, 0.6) is 0 Å². The molecule has 1 fully saturated rings. The molecule has 7 nitrogen and oxygen atoms in total. The minimum Gasteiger partial charge on any atom is -0.465 e. The van der Waals surface area contributed by atoms with Gasteiger partial charge in [-0.2, -0.15) is 4.31 Å². The summed E-state index contributed by atoms with van der Waals surface area (Å²) in [6.45, 7) is 3.24. The van der Waals surface area contributed by atoms with Crippen LogP contribution < -0.4 is 5.32 Å². The number of nitrogens with one attached hydrogen (secondary N) is 1. The van der Waals surface area contributed by atoms with E-state index in [1.807, 2.05) is 6.92 Å². The molecule has 1 aliphatic heterocycles. The molecule has 0 amide bonds. The number of carbonyl (C=O) groups excluding carboxylic acids is 1. The predicted octanol–water partition coefficient (Wildman–Crippen LogP) is 0.470. The van der Waals surface area contributed by atoms with Crippen molar-refractivity contribution < 1.29 is 22.4 Å². The molecule has 20 heavy (non-hydrogen) atoms. The van der Waals surface area contributed by atoms with Crippen LogP contribution >= 0.6 is 12.4 Å². The number of halogens is 1. The Kier molecular flexibility index (Phi) is 5.58. The summed E-state index contributed by atoms with van der Waals surface area (Å²) in [5, 5.41) is 2.92. The molecular weight excluding hydrogens is 308 g/mol. The fourth-order valence-corrected chi connectivity index (χ4v) is 3.37. The minimum atomic E-state index is -3.70.